The molecule has 2 aromatic heterocycles. The molecule has 0 fully saturated rings. The molecular formula is C37H29NO. The second-order valence-corrected chi connectivity index (χ2v) is 10.9. The predicted molar refractivity (Wildman–Crippen MR) is 164 cm³/mol. The van der Waals surface area contributed by atoms with Crippen molar-refractivity contribution in [3.8, 4) is 16.8 Å². The van der Waals surface area contributed by atoms with E-state index in [9.17, 15) is 0 Å². The van der Waals surface area contributed by atoms with Gasteiger partial charge in [0.25, 0.3) is 0 Å². The Balaban J connectivity index is 1.45. The summed E-state index contributed by atoms with van der Waals surface area (Å²) in [5, 5.41) is 3.64. The van der Waals surface area contributed by atoms with Gasteiger partial charge in [-0.1, -0.05) is 85.8 Å². The van der Waals surface area contributed by atoms with Crippen molar-refractivity contribution in [2.75, 3.05) is 0 Å². The van der Waals surface area contributed by atoms with E-state index in [1.54, 1.807) is 0 Å². The van der Waals surface area contributed by atoms with E-state index in [0.717, 1.165) is 30.6 Å². The van der Waals surface area contributed by atoms with Crippen molar-refractivity contribution in [2.45, 2.75) is 26.2 Å². The van der Waals surface area contributed by atoms with E-state index in [-0.39, 0.29) is 0 Å². The summed E-state index contributed by atoms with van der Waals surface area (Å²) in [5.41, 5.74) is 11.0. The van der Waals surface area contributed by atoms with Crippen molar-refractivity contribution >= 4 is 44.4 Å². The Morgan fingerprint density at radius 2 is 1.62 bits per heavy atom. The van der Waals surface area contributed by atoms with Gasteiger partial charge in [-0.2, -0.15) is 0 Å². The molecule has 0 N–H and O–H groups in total. The molecular weight excluding hydrogens is 474 g/mol. The van der Waals surface area contributed by atoms with Crippen molar-refractivity contribution in [1.29, 1.82) is 0 Å². The van der Waals surface area contributed by atoms with Crippen LogP contribution in [0.15, 0.2) is 114 Å². The molecule has 1 unspecified atom stereocenters. The molecule has 8 rings (SSSR count). The van der Waals surface area contributed by atoms with E-state index in [1.165, 1.54) is 60.7 Å². The highest BCUT2D eigenvalue weighted by Gasteiger charge is 2.22. The van der Waals surface area contributed by atoms with Crippen molar-refractivity contribution in [3.63, 3.8) is 0 Å². The first-order valence-corrected chi connectivity index (χ1v) is 14.0. The Morgan fingerprint density at radius 1 is 0.769 bits per heavy atom. The summed E-state index contributed by atoms with van der Waals surface area (Å²) in [4.78, 5) is 0. The fourth-order valence-corrected chi connectivity index (χ4v) is 6.57. The molecule has 0 saturated heterocycles. The Morgan fingerprint density at radius 3 is 2.51 bits per heavy atom. The zero-order valence-electron chi connectivity index (χ0n) is 22.0. The lowest BCUT2D eigenvalue weighted by molar-refractivity contribution is 0.549. The summed E-state index contributed by atoms with van der Waals surface area (Å²) in [6.07, 6.45) is 14.3. The van der Waals surface area contributed by atoms with Crippen molar-refractivity contribution < 1.29 is 4.42 Å². The summed E-state index contributed by atoms with van der Waals surface area (Å²) in [6, 6.07) is 31.1. The number of furan rings is 1. The maximum absolute atomic E-state index is 6.61. The number of hydrogen-bond acceptors (Lipinski definition) is 1. The highest BCUT2D eigenvalue weighted by molar-refractivity contribution is 6.20. The summed E-state index contributed by atoms with van der Waals surface area (Å²) >= 11 is 0. The highest BCUT2D eigenvalue weighted by Crippen LogP contribution is 2.42. The topological polar surface area (TPSA) is 18.1 Å². The Kier molecular flexibility index (Phi) is 5.03. The average molecular weight is 504 g/mol. The first-order chi connectivity index (χ1) is 19.3. The standard InChI is InChI=1S/C37H29NO/c1-24-11-5-6-14-29(24)27-21-26(25-12-3-2-4-13-25)22-28(23-27)38-33-17-9-7-16-32(33)36-34(38)20-19-31-30-15-8-10-18-35(30)39-37(31)36/h2-9,12-17,19-24H,10-11,18H2,1H3. The lowest BCUT2D eigenvalue weighted by Gasteiger charge is -2.20. The van der Waals surface area contributed by atoms with Crippen LogP contribution in [0.5, 0.6) is 0 Å². The molecule has 2 heteroatoms. The minimum atomic E-state index is 0.481. The molecule has 6 aromatic rings. The number of para-hydroxylation sites is 1. The SMILES string of the molecule is CC1CC=CC=C1c1cc(-c2ccccc2)cc(-n2c3ccccc3c3c4oc5c(c4ccc32)C=CCC5)c1. The monoisotopic (exact) mass is 503 g/mol. The van der Waals surface area contributed by atoms with Crippen LogP contribution in [0.2, 0.25) is 0 Å². The minimum absolute atomic E-state index is 0.481. The van der Waals surface area contributed by atoms with Crippen LogP contribution in [0, 0.1) is 5.92 Å². The van der Waals surface area contributed by atoms with Crippen molar-refractivity contribution in [3.05, 3.63) is 126 Å². The fraction of sp³-hybridized carbons (Fsp3) is 0.135. The number of nitrogens with zero attached hydrogens (tertiary/aromatic N) is 1. The maximum Gasteiger partial charge on any atom is 0.144 e. The molecule has 2 aliphatic carbocycles. The number of aryl methyl sites for hydroxylation is 1. The Hall–Kier alpha value is -4.56. The van der Waals surface area contributed by atoms with Gasteiger partial charge in [-0.15, -0.1) is 0 Å². The molecule has 1 atom stereocenters. The van der Waals surface area contributed by atoms with E-state index < -0.39 is 0 Å². The van der Waals surface area contributed by atoms with Gasteiger partial charge >= 0.3 is 0 Å². The molecule has 0 bridgehead atoms. The molecule has 39 heavy (non-hydrogen) atoms. The van der Waals surface area contributed by atoms with E-state index in [2.05, 4.69) is 127 Å². The fourth-order valence-electron chi connectivity index (χ4n) is 6.57. The quantitative estimate of drug-likeness (QED) is 0.235. The van der Waals surface area contributed by atoms with Crippen LogP contribution >= 0.6 is 0 Å². The summed E-state index contributed by atoms with van der Waals surface area (Å²) in [6.45, 7) is 2.33. The lowest BCUT2D eigenvalue weighted by atomic mass is 9.86. The molecule has 0 amide bonds. The van der Waals surface area contributed by atoms with Crippen molar-refractivity contribution in [2.24, 2.45) is 5.92 Å². The second kappa shape index (κ2) is 8.74. The van der Waals surface area contributed by atoms with Gasteiger partial charge in [0, 0.05) is 28.4 Å². The van der Waals surface area contributed by atoms with Crippen LogP contribution in [0.1, 0.15) is 36.7 Å². The molecule has 4 aromatic carbocycles. The minimum Gasteiger partial charge on any atom is -0.460 e. The van der Waals surface area contributed by atoms with Crippen LogP contribution in [-0.4, -0.2) is 4.57 Å². The van der Waals surface area contributed by atoms with E-state index in [1.807, 2.05) is 0 Å². The number of benzene rings is 4. The second-order valence-electron chi connectivity index (χ2n) is 10.9. The third-order valence-electron chi connectivity index (χ3n) is 8.48. The van der Waals surface area contributed by atoms with Gasteiger partial charge in [-0.25, -0.2) is 0 Å². The van der Waals surface area contributed by atoms with E-state index in [0.29, 0.717) is 5.92 Å². The van der Waals surface area contributed by atoms with Gasteiger partial charge in [0.1, 0.15) is 11.3 Å². The van der Waals surface area contributed by atoms with E-state index >= 15 is 0 Å². The zero-order valence-corrected chi connectivity index (χ0v) is 22.0. The Bertz CT molecular complexity index is 1990. The molecule has 0 radical (unpaired) electrons. The number of fused-ring (bicyclic) bond motifs is 7. The van der Waals surface area contributed by atoms with Crippen LogP contribution in [-0.2, 0) is 6.42 Å². The predicted octanol–water partition coefficient (Wildman–Crippen LogP) is 10.1. The summed E-state index contributed by atoms with van der Waals surface area (Å²) < 4.78 is 9.04. The van der Waals surface area contributed by atoms with Gasteiger partial charge in [0.15, 0.2) is 0 Å². The number of aromatic nitrogens is 1. The molecule has 2 nitrogen and oxygen atoms in total. The molecule has 2 heterocycles. The van der Waals surface area contributed by atoms with Crippen LogP contribution < -0.4 is 0 Å². The summed E-state index contributed by atoms with van der Waals surface area (Å²) in [5.74, 6) is 1.59. The van der Waals surface area contributed by atoms with Crippen molar-refractivity contribution in [1.82, 2.24) is 4.57 Å². The molecule has 188 valence electrons. The Labute approximate surface area is 228 Å². The van der Waals surface area contributed by atoms with Gasteiger partial charge in [-0.3, -0.25) is 0 Å². The van der Waals surface area contributed by atoms with Gasteiger partial charge in [-0.05, 0) is 77.4 Å². The highest BCUT2D eigenvalue weighted by atomic mass is 16.3. The van der Waals surface area contributed by atoms with Gasteiger partial charge in [0.05, 0.1) is 16.4 Å². The smallest absolute Gasteiger partial charge is 0.144 e. The normalized spacial score (nSPS) is 16.7. The maximum atomic E-state index is 6.61. The van der Waals surface area contributed by atoms with Crippen LogP contribution in [0.25, 0.3) is 61.2 Å². The van der Waals surface area contributed by atoms with Gasteiger partial charge < -0.3 is 8.98 Å². The van der Waals surface area contributed by atoms with Crippen LogP contribution in [0.3, 0.4) is 0 Å². The van der Waals surface area contributed by atoms with Crippen LogP contribution in [0.4, 0.5) is 0 Å². The van der Waals surface area contributed by atoms with Gasteiger partial charge in [0.2, 0.25) is 0 Å². The zero-order chi connectivity index (χ0) is 25.9. The number of rotatable bonds is 3. The van der Waals surface area contributed by atoms with E-state index in [4.69, 9.17) is 4.42 Å². The third kappa shape index (κ3) is 3.48. The molecule has 2 aliphatic rings. The lowest BCUT2D eigenvalue weighted by Crippen LogP contribution is -2.03. The molecule has 0 aliphatic heterocycles. The number of allylic oxidation sites excluding steroid dienone is 5. The largest absolute Gasteiger partial charge is 0.460 e. The summed E-state index contributed by atoms with van der Waals surface area (Å²) in [7, 11) is 0. The first-order valence-electron chi connectivity index (χ1n) is 14.0. The first kappa shape index (κ1) is 22.4. The average Bonchev–Trinajstić information content (AvgIpc) is 3.53. The third-order valence-corrected chi connectivity index (χ3v) is 8.48. The number of hydrogen-bond donors (Lipinski definition) is 0. The molecule has 0 saturated carbocycles. The molecule has 0 spiro atoms.